The Bertz CT molecular complexity index is 194. The van der Waals surface area contributed by atoms with Gasteiger partial charge >= 0.3 is 0 Å². The van der Waals surface area contributed by atoms with E-state index >= 15 is 0 Å². The van der Waals surface area contributed by atoms with Crippen molar-refractivity contribution in [2.75, 3.05) is 27.2 Å². The number of rotatable bonds is 3. The van der Waals surface area contributed by atoms with E-state index in [2.05, 4.69) is 23.9 Å². The highest BCUT2D eigenvalue weighted by Crippen LogP contribution is 2.15. The van der Waals surface area contributed by atoms with Crippen LogP contribution in [0.2, 0.25) is 0 Å². The van der Waals surface area contributed by atoms with Gasteiger partial charge < -0.3 is 10.6 Å². The van der Waals surface area contributed by atoms with Gasteiger partial charge in [-0.05, 0) is 33.9 Å². The number of hydrogen-bond acceptors (Lipinski definition) is 3. The van der Waals surface area contributed by atoms with Crippen LogP contribution in [0, 0.1) is 5.41 Å². The number of piperidine rings is 1. The first-order chi connectivity index (χ1) is 6.52. The second kappa shape index (κ2) is 4.75. The molecule has 1 atom stereocenters. The summed E-state index contributed by atoms with van der Waals surface area (Å²) in [6, 6.07) is 0.809. The van der Waals surface area contributed by atoms with Crippen molar-refractivity contribution in [3.63, 3.8) is 0 Å². The van der Waals surface area contributed by atoms with E-state index < -0.39 is 0 Å². The smallest absolute Gasteiger partial charge is 0.108 e. The molecule has 1 saturated heterocycles. The van der Waals surface area contributed by atoms with E-state index in [1.807, 2.05) is 6.92 Å². The van der Waals surface area contributed by atoms with Gasteiger partial charge in [0.1, 0.15) is 5.84 Å². The average molecular weight is 198 g/mol. The molecular weight excluding hydrogens is 176 g/mol. The molecule has 1 unspecified atom stereocenters. The Kier molecular flexibility index (Phi) is 3.89. The molecule has 3 N–H and O–H groups in total. The summed E-state index contributed by atoms with van der Waals surface area (Å²) in [5.41, 5.74) is 5.49. The quantitative estimate of drug-likeness (QED) is 0.508. The molecule has 1 rings (SSSR count). The van der Waals surface area contributed by atoms with Gasteiger partial charge in [0.25, 0.3) is 0 Å². The zero-order valence-corrected chi connectivity index (χ0v) is 9.45. The fourth-order valence-electron chi connectivity index (χ4n) is 1.99. The van der Waals surface area contributed by atoms with Crippen LogP contribution in [0.15, 0.2) is 0 Å². The molecule has 0 aromatic carbocycles. The third kappa shape index (κ3) is 2.69. The van der Waals surface area contributed by atoms with Crippen LogP contribution in [-0.2, 0) is 0 Å². The van der Waals surface area contributed by atoms with Gasteiger partial charge in [0.05, 0.1) is 6.04 Å². The lowest BCUT2D eigenvalue weighted by molar-refractivity contribution is 0.134. The Labute approximate surface area is 86.6 Å². The lowest BCUT2D eigenvalue weighted by atomic mass is 10.0. The molecule has 82 valence electrons. The number of nitrogens with one attached hydrogen (secondary N) is 1. The summed E-state index contributed by atoms with van der Waals surface area (Å²) in [6.07, 6.45) is 2.37. The summed E-state index contributed by atoms with van der Waals surface area (Å²) in [5.74, 6) is 0.285. The van der Waals surface area contributed by atoms with Crippen molar-refractivity contribution >= 4 is 5.84 Å². The molecule has 1 heterocycles. The van der Waals surface area contributed by atoms with E-state index in [9.17, 15) is 0 Å². The van der Waals surface area contributed by atoms with Crippen LogP contribution in [0.3, 0.4) is 0 Å². The molecule has 14 heavy (non-hydrogen) atoms. The van der Waals surface area contributed by atoms with Gasteiger partial charge in [-0.15, -0.1) is 0 Å². The minimum atomic E-state index is 0.109. The standard InChI is InChI=1S/C10H22N4/c1-8(10(11)12)14-6-4-9(5-7-14)13(2)3/h8-9H,4-7H2,1-3H3,(H3,11,12). The normalized spacial score (nSPS) is 22.6. The summed E-state index contributed by atoms with van der Waals surface area (Å²) in [5, 5.41) is 7.40. The number of amidine groups is 1. The molecule has 0 aromatic heterocycles. The number of hydrogen-bond donors (Lipinski definition) is 2. The number of likely N-dealkylation sites (tertiary alicyclic amines) is 1. The predicted molar refractivity (Wildman–Crippen MR) is 59.7 cm³/mol. The Hall–Kier alpha value is -0.610. The van der Waals surface area contributed by atoms with Crippen molar-refractivity contribution in [1.29, 1.82) is 5.41 Å². The maximum absolute atomic E-state index is 7.40. The maximum atomic E-state index is 7.40. The van der Waals surface area contributed by atoms with E-state index in [4.69, 9.17) is 11.1 Å². The van der Waals surface area contributed by atoms with Gasteiger partial charge in [0.2, 0.25) is 0 Å². The van der Waals surface area contributed by atoms with Crippen LogP contribution in [0.4, 0.5) is 0 Å². The maximum Gasteiger partial charge on any atom is 0.108 e. The lowest BCUT2D eigenvalue weighted by Crippen LogP contribution is -2.49. The molecule has 0 radical (unpaired) electrons. The Balaban J connectivity index is 2.39. The molecule has 1 fully saturated rings. The van der Waals surface area contributed by atoms with Crippen LogP contribution < -0.4 is 5.73 Å². The van der Waals surface area contributed by atoms with Crippen molar-refractivity contribution in [2.24, 2.45) is 5.73 Å². The minimum Gasteiger partial charge on any atom is -0.386 e. The molecular formula is C10H22N4. The zero-order valence-electron chi connectivity index (χ0n) is 9.45. The van der Waals surface area contributed by atoms with Gasteiger partial charge in [0, 0.05) is 19.1 Å². The third-order valence-electron chi connectivity index (χ3n) is 3.23. The fraction of sp³-hybridized carbons (Fsp3) is 0.900. The largest absolute Gasteiger partial charge is 0.386 e. The van der Waals surface area contributed by atoms with E-state index in [1.54, 1.807) is 0 Å². The van der Waals surface area contributed by atoms with Crippen molar-refractivity contribution in [1.82, 2.24) is 9.80 Å². The highest BCUT2D eigenvalue weighted by atomic mass is 15.2. The van der Waals surface area contributed by atoms with Gasteiger partial charge in [-0.2, -0.15) is 0 Å². The number of nitrogens with two attached hydrogens (primary N) is 1. The van der Waals surface area contributed by atoms with Crippen LogP contribution >= 0.6 is 0 Å². The Morgan fingerprint density at radius 2 is 1.93 bits per heavy atom. The summed E-state index contributed by atoms with van der Waals surface area (Å²) in [4.78, 5) is 4.58. The van der Waals surface area contributed by atoms with Gasteiger partial charge in [-0.1, -0.05) is 0 Å². The van der Waals surface area contributed by atoms with Gasteiger partial charge in [-0.25, -0.2) is 0 Å². The average Bonchev–Trinajstić information content (AvgIpc) is 2.16. The van der Waals surface area contributed by atoms with Gasteiger partial charge in [0.15, 0.2) is 0 Å². The van der Waals surface area contributed by atoms with Crippen molar-refractivity contribution in [2.45, 2.75) is 31.8 Å². The molecule has 4 heteroatoms. The molecule has 0 saturated carbocycles. The zero-order chi connectivity index (χ0) is 10.7. The van der Waals surface area contributed by atoms with Crippen LogP contribution in [-0.4, -0.2) is 54.9 Å². The van der Waals surface area contributed by atoms with E-state index in [-0.39, 0.29) is 11.9 Å². The Morgan fingerprint density at radius 3 is 2.29 bits per heavy atom. The SMILES string of the molecule is CC(C(=N)N)N1CCC(N(C)C)CC1. The molecule has 0 bridgehead atoms. The summed E-state index contributed by atoms with van der Waals surface area (Å²) < 4.78 is 0. The lowest BCUT2D eigenvalue weighted by Gasteiger charge is -2.37. The molecule has 0 aromatic rings. The first-order valence-electron chi connectivity index (χ1n) is 5.26. The van der Waals surface area contributed by atoms with Crippen molar-refractivity contribution in [3.8, 4) is 0 Å². The van der Waals surface area contributed by atoms with Crippen LogP contribution in [0.1, 0.15) is 19.8 Å². The highest BCUT2D eigenvalue weighted by molar-refractivity contribution is 5.82. The van der Waals surface area contributed by atoms with E-state index in [1.165, 1.54) is 12.8 Å². The second-order valence-corrected chi connectivity index (χ2v) is 4.36. The Morgan fingerprint density at radius 1 is 1.43 bits per heavy atom. The molecule has 4 nitrogen and oxygen atoms in total. The van der Waals surface area contributed by atoms with E-state index in [0.29, 0.717) is 6.04 Å². The summed E-state index contributed by atoms with van der Waals surface area (Å²) in [7, 11) is 4.27. The highest BCUT2D eigenvalue weighted by Gasteiger charge is 2.24. The predicted octanol–water partition coefficient (Wildman–Crippen LogP) is 0.337. The number of nitrogens with zero attached hydrogens (tertiary/aromatic N) is 2. The summed E-state index contributed by atoms with van der Waals surface area (Å²) in [6.45, 7) is 4.13. The van der Waals surface area contributed by atoms with Crippen LogP contribution in [0.5, 0.6) is 0 Å². The molecule has 0 amide bonds. The first kappa shape index (κ1) is 11.5. The topological polar surface area (TPSA) is 56.4 Å². The minimum absolute atomic E-state index is 0.109. The second-order valence-electron chi connectivity index (χ2n) is 4.36. The van der Waals surface area contributed by atoms with E-state index in [0.717, 1.165) is 13.1 Å². The van der Waals surface area contributed by atoms with Crippen LogP contribution in [0.25, 0.3) is 0 Å². The summed E-state index contributed by atoms with van der Waals surface area (Å²) >= 11 is 0. The first-order valence-corrected chi connectivity index (χ1v) is 5.26. The molecule has 0 spiro atoms. The van der Waals surface area contributed by atoms with Gasteiger partial charge in [-0.3, -0.25) is 10.3 Å². The molecule has 1 aliphatic heterocycles. The fourth-order valence-corrected chi connectivity index (χ4v) is 1.99. The van der Waals surface area contributed by atoms with Crippen molar-refractivity contribution < 1.29 is 0 Å². The third-order valence-corrected chi connectivity index (χ3v) is 3.23. The van der Waals surface area contributed by atoms with Crippen molar-refractivity contribution in [3.05, 3.63) is 0 Å². The monoisotopic (exact) mass is 198 g/mol. The molecule has 1 aliphatic rings. The molecule has 0 aliphatic carbocycles.